The van der Waals surface area contributed by atoms with Crippen LogP contribution in [0.5, 0.6) is 0 Å². The third-order valence-corrected chi connectivity index (χ3v) is 5.00. The molecule has 1 unspecified atom stereocenters. The number of hydrogen-bond acceptors (Lipinski definition) is 4. The van der Waals surface area contributed by atoms with E-state index in [9.17, 15) is 4.79 Å². The molecule has 1 saturated carbocycles. The fourth-order valence-electron chi connectivity index (χ4n) is 2.89. The Labute approximate surface area is 138 Å². The highest BCUT2D eigenvalue weighted by Gasteiger charge is 2.39. The van der Waals surface area contributed by atoms with Crippen LogP contribution in [0.3, 0.4) is 0 Å². The number of carbonyl (C=O) groups excluding carboxylic acids is 1. The molecule has 1 saturated heterocycles. The van der Waals surface area contributed by atoms with E-state index >= 15 is 0 Å². The molecular weight excluding hydrogens is 383 g/mol. The van der Waals surface area contributed by atoms with Gasteiger partial charge >= 0.3 is 5.97 Å². The summed E-state index contributed by atoms with van der Waals surface area (Å²) in [5.41, 5.74) is 1.60. The number of esters is 1. The van der Waals surface area contributed by atoms with E-state index in [1.165, 1.54) is 12.8 Å². The van der Waals surface area contributed by atoms with Crippen LogP contribution < -0.4 is 0 Å². The molecule has 1 aromatic rings. The topological polar surface area (TPSA) is 53.3 Å². The number of nitrogens with zero attached hydrogens (tertiary/aromatic N) is 2. The van der Waals surface area contributed by atoms with Gasteiger partial charge in [0.05, 0.1) is 34.1 Å². The molecule has 0 N–H and O–H groups in total. The van der Waals surface area contributed by atoms with Gasteiger partial charge in [-0.15, -0.1) is 0 Å². The second-order valence-corrected chi connectivity index (χ2v) is 7.51. The number of aromatic nitrogens is 2. The molecule has 0 aromatic carbocycles. The molecule has 0 radical (unpaired) electrons. The van der Waals surface area contributed by atoms with Gasteiger partial charge in [0.15, 0.2) is 5.69 Å². The zero-order valence-corrected chi connectivity index (χ0v) is 14.8. The van der Waals surface area contributed by atoms with Gasteiger partial charge in [0.2, 0.25) is 0 Å². The molecule has 21 heavy (non-hydrogen) atoms. The SMILES string of the molecule is CCOC(=O)c1c(I)c(C2CC2)nn1CC1CC(C)(C)O1. The van der Waals surface area contributed by atoms with Gasteiger partial charge in [0.25, 0.3) is 0 Å². The van der Waals surface area contributed by atoms with Crippen LogP contribution in [0.15, 0.2) is 0 Å². The van der Waals surface area contributed by atoms with Crippen molar-refractivity contribution in [3.05, 3.63) is 15.0 Å². The van der Waals surface area contributed by atoms with E-state index in [4.69, 9.17) is 9.47 Å². The summed E-state index contributed by atoms with van der Waals surface area (Å²) in [4.78, 5) is 12.2. The minimum atomic E-state index is -0.278. The summed E-state index contributed by atoms with van der Waals surface area (Å²) in [6.07, 6.45) is 3.46. The van der Waals surface area contributed by atoms with Crippen LogP contribution in [0.25, 0.3) is 0 Å². The number of halogens is 1. The van der Waals surface area contributed by atoms with E-state index in [1.807, 2.05) is 6.92 Å². The largest absolute Gasteiger partial charge is 0.461 e. The summed E-state index contributed by atoms with van der Waals surface area (Å²) in [6, 6.07) is 0. The Bertz CT molecular complexity index is 556. The Balaban J connectivity index is 1.83. The van der Waals surface area contributed by atoms with Crippen LogP contribution in [-0.2, 0) is 16.0 Å². The smallest absolute Gasteiger partial charge is 0.357 e. The highest BCUT2D eigenvalue weighted by Crippen LogP contribution is 2.42. The lowest BCUT2D eigenvalue weighted by Gasteiger charge is -2.43. The lowest BCUT2D eigenvalue weighted by molar-refractivity contribution is -0.189. The number of ether oxygens (including phenoxy) is 2. The summed E-state index contributed by atoms with van der Waals surface area (Å²) in [5, 5.41) is 4.67. The Morgan fingerprint density at radius 3 is 2.71 bits per heavy atom. The average molecular weight is 404 g/mol. The van der Waals surface area contributed by atoms with Crippen molar-refractivity contribution in [2.45, 2.75) is 64.2 Å². The summed E-state index contributed by atoms with van der Waals surface area (Å²) >= 11 is 2.23. The first-order chi connectivity index (χ1) is 9.91. The molecule has 6 heteroatoms. The first-order valence-corrected chi connectivity index (χ1v) is 8.60. The third-order valence-electron chi connectivity index (χ3n) is 3.93. The maximum Gasteiger partial charge on any atom is 0.357 e. The molecular formula is C15H21IN2O3. The van der Waals surface area contributed by atoms with Gasteiger partial charge in [-0.1, -0.05) is 0 Å². The van der Waals surface area contributed by atoms with Crippen molar-refractivity contribution < 1.29 is 14.3 Å². The van der Waals surface area contributed by atoms with Crippen molar-refractivity contribution in [1.82, 2.24) is 9.78 Å². The highest BCUT2D eigenvalue weighted by atomic mass is 127. The standard InChI is InChI=1S/C15H21IN2O3/c1-4-20-14(19)13-11(16)12(9-5-6-9)17-18(13)8-10-7-15(2,3)21-10/h9-10H,4-8H2,1-3H3. The second-order valence-electron chi connectivity index (χ2n) is 6.43. The predicted molar refractivity (Wildman–Crippen MR) is 86.4 cm³/mol. The maximum atomic E-state index is 12.2. The van der Waals surface area contributed by atoms with Crippen LogP contribution >= 0.6 is 22.6 Å². The van der Waals surface area contributed by atoms with Gasteiger partial charge in [-0.2, -0.15) is 5.10 Å². The first-order valence-electron chi connectivity index (χ1n) is 7.52. The maximum absolute atomic E-state index is 12.2. The highest BCUT2D eigenvalue weighted by molar-refractivity contribution is 14.1. The van der Waals surface area contributed by atoms with Crippen molar-refractivity contribution in [3.8, 4) is 0 Å². The quantitative estimate of drug-likeness (QED) is 0.559. The molecule has 2 fully saturated rings. The molecule has 116 valence electrons. The molecule has 2 heterocycles. The van der Waals surface area contributed by atoms with Crippen LogP contribution in [0, 0.1) is 3.57 Å². The van der Waals surface area contributed by atoms with Crippen molar-refractivity contribution in [1.29, 1.82) is 0 Å². The Hall–Kier alpha value is -0.630. The van der Waals surface area contributed by atoms with Gasteiger partial charge in [0, 0.05) is 12.3 Å². The molecule has 0 amide bonds. The molecule has 0 bridgehead atoms. The predicted octanol–water partition coefficient (Wildman–Crippen LogP) is 3.11. The molecule has 1 aromatic heterocycles. The van der Waals surface area contributed by atoms with Crippen molar-refractivity contribution >= 4 is 28.6 Å². The molecule has 1 aliphatic heterocycles. The summed E-state index contributed by atoms with van der Waals surface area (Å²) in [7, 11) is 0. The van der Waals surface area contributed by atoms with Crippen molar-refractivity contribution in [3.63, 3.8) is 0 Å². The molecule has 0 spiro atoms. The summed E-state index contributed by atoms with van der Waals surface area (Å²) in [6.45, 7) is 6.99. The minimum Gasteiger partial charge on any atom is -0.461 e. The zero-order chi connectivity index (χ0) is 15.2. The Morgan fingerprint density at radius 2 is 2.19 bits per heavy atom. The monoisotopic (exact) mass is 404 g/mol. The van der Waals surface area contributed by atoms with E-state index in [-0.39, 0.29) is 17.7 Å². The van der Waals surface area contributed by atoms with Gasteiger partial charge in [-0.3, -0.25) is 4.68 Å². The molecule has 1 aliphatic carbocycles. The lowest BCUT2D eigenvalue weighted by atomic mass is 9.93. The average Bonchev–Trinajstić information content (AvgIpc) is 3.13. The Kier molecular flexibility index (Phi) is 4.02. The van der Waals surface area contributed by atoms with Crippen molar-refractivity contribution in [2.75, 3.05) is 6.61 Å². The number of carbonyl (C=O) groups is 1. The molecule has 2 aliphatic rings. The summed E-state index contributed by atoms with van der Waals surface area (Å²) in [5.74, 6) is 0.241. The van der Waals surface area contributed by atoms with Crippen LogP contribution in [0.2, 0.25) is 0 Å². The van der Waals surface area contributed by atoms with Crippen molar-refractivity contribution in [2.24, 2.45) is 0 Å². The number of rotatable bonds is 5. The zero-order valence-electron chi connectivity index (χ0n) is 12.7. The normalized spacial score (nSPS) is 23.7. The first kappa shape index (κ1) is 15.3. The van der Waals surface area contributed by atoms with E-state index in [0.29, 0.717) is 24.8 Å². The molecule has 1 atom stereocenters. The minimum absolute atomic E-state index is 0.0472. The van der Waals surface area contributed by atoms with Crippen LogP contribution in [0.4, 0.5) is 0 Å². The molecule has 5 nitrogen and oxygen atoms in total. The van der Waals surface area contributed by atoms with Crippen LogP contribution in [-0.4, -0.2) is 34.1 Å². The fraction of sp³-hybridized carbons (Fsp3) is 0.733. The van der Waals surface area contributed by atoms with Crippen LogP contribution in [0.1, 0.15) is 62.1 Å². The van der Waals surface area contributed by atoms with E-state index in [1.54, 1.807) is 4.68 Å². The van der Waals surface area contributed by atoms with Gasteiger partial charge in [0.1, 0.15) is 0 Å². The van der Waals surface area contributed by atoms with Gasteiger partial charge in [-0.05, 0) is 56.2 Å². The lowest BCUT2D eigenvalue weighted by Crippen LogP contribution is -2.47. The summed E-state index contributed by atoms with van der Waals surface area (Å²) < 4.78 is 13.8. The van der Waals surface area contributed by atoms with E-state index in [2.05, 4.69) is 41.5 Å². The molecule has 3 rings (SSSR count). The van der Waals surface area contributed by atoms with Gasteiger partial charge < -0.3 is 9.47 Å². The Morgan fingerprint density at radius 1 is 1.52 bits per heavy atom. The van der Waals surface area contributed by atoms with Gasteiger partial charge in [-0.25, -0.2) is 4.79 Å². The fourth-order valence-corrected chi connectivity index (χ4v) is 3.93. The van der Waals surface area contributed by atoms with E-state index < -0.39 is 0 Å². The number of hydrogen-bond donors (Lipinski definition) is 0. The van der Waals surface area contributed by atoms with E-state index in [0.717, 1.165) is 15.7 Å². The second kappa shape index (κ2) is 5.53. The third kappa shape index (κ3) is 3.11.